The molecule has 0 aliphatic carbocycles. The van der Waals surface area contributed by atoms with E-state index in [1.807, 2.05) is 18.3 Å². The highest BCUT2D eigenvalue weighted by atomic mass is 35.5. The van der Waals surface area contributed by atoms with Crippen molar-refractivity contribution in [1.82, 2.24) is 9.55 Å². The summed E-state index contributed by atoms with van der Waals surface area (Å²) < 4.78 is 2.08. The van der Waals surface area contributed by atoms with Gasteiger partial charge in [0.05, 0.1) is 0 Å². The first-order valence-electron chi connectivity index (χ1n) is 6.68. The van der Waals surface area contributed by atoms with Crippen molar-refractivity contribution in [2.45, 2.75) is 13.0 Å². The van der Waals surface area contributed by atoms with E-state index in [2.05, 4.69) is 33.1 Å². The number of aryl methyl sites for hydroxylation is 1. The number of nitrogens with one attached hydrogen (secondary N) is 1. The molecule has 2 aromatic heterocycles. The van der Waals surface area contributed by atoms with Crippen LogP contribution >= 0.6 is 11.6 Å². The Morgan fingerprint density at radius 3 is 2.95 bits per heavy atom. The average molecular weight is 300 g/mol. The molecule has 5 heteroatoms. The van der Waals surface area contributed by atoms with E-state index in [0.29, 0.717) is 23.8 Å². The van der Waals surface area contributed by atoms with E-state index in [9.17, 15) is 4.79 Å². The Bertz CT molecular complexity index is 782. The number of para-hydroxylation sites is 1. The first-order chi connectivity index (χ1) is 10.2. The third kappa shape index (κ3) is 3.23. The lowest BCUT2D eigenvalue weighted by molar-refractivity contribution is -0.116. The zero-order chi connectivity index (χ0) is 14.7. The van der Waals surface area contributed by atoms with Crippen LogP contribution < -0.4 is 5.32 Å². The van der Waals surface area contributed by atoms with Crippen LogP contribution in [-0.2, 0) is 11.3 Å². The second kappa shape index (κ2) is 5.97. The lowest BCUT2D eigenvalue weighted by Gasteiger charge is -2.07. The standard InChI is InChI=1S/C16H14ClN3O/c17-15-11-13(5-8-18-15)19-16(21)7-10-20-9-6-12-3-1-2-4-14(12)20/h1-6,8-9,11H,7,10H2,(H,18,19,21). The van der Waals surface area contributed by atoms with Gasteiger partial charge in [-0.05, 0) is 29.7 Å². The van der Waals surface area contributed by atoms with Gasteiger partial charge in [-0.1, -0.05) is 29.8 Å². The van der Waals surface area contributed by atoms with Gasteiger partial charge in [-0.25, -0.2) is 4.98 Å². The topological polar surface area (TPSA) is 46.9 Å². The van der Waals surface area contributed by atoms with Crippen LogP contribution in [-0.4, -0.2) is 15.5 Å². The van der Waals surface area contributed by atoms with Crippen LogP contribution in [0.1, 0.15) is 6.42 Å². The van der Waals surface area contributed by atoms with Crippen molar-refractivity contribution in [2.75, 3.05) is 5.32 Å². The van der Waals surface area contributed by atoms with Crippen molar-refractivity contribution in [3.63, 3.8) is 0 Å². The number of hydrogen-bond donors (Lipinski definition) is 1. The van der Waals surface area contributed by atoms with Gasteiger partial charge >= 0.3 is 0 Å². The molecular formula is C16H14ClN3O. The summed E-state index contributed by atoms with van der Waals surface area (Å²) in [6.07, 6.45) is 3.97. The van der Waals surface area contributed by atoms with E-state index in [-0.39, 0.29) is 5.91 Å². The van der Waals surface area contributed by atoms with Crippen LogP contribution in [0.2, 0.25) is 5.15 Å². The van der Waals surface area contributed by atoms with Gasteiger partial charge in [0.25, 0.3) is 0 Å². The second-order valence-electron chi connectivity index (χ2n) is 4.73. The van der Waals surface area contributed by atoms with Crippen LogP contribution in [0.25, 0.3) is 10.9 Å². The summed E-state index contributed by atoms with van der Waals surface area (Å²) in [4.78, 5) is 15.8. The molecule has 0 atom stereocenters. The van der Waals surface area contributed by atoms with E-state index < -0.39 is 0 Å². The van der Waals surface area contributed by atoms with Gasteiger partial charge in [0.1, 0.15) is 5.15 Å². The van der Waals surface area contributed by atoms with Crippen LogP contribution in [0, 0.1) is 0 Å². The van der Waals surface area contributed by atoms with Crippen molar-refractivity contribution in [1.29, 1.82) is 0 Å². The van der Waals surface area contributed by atoms with Gasteiger partial charge in [0.2, 0.25) is 5.91 Å². The quantitative estimate of drug-likeness (QED) is 0.746. The monoisotopic (exact) mass is 299 g/mol. The summed E-state index contributed by atoms with van der Waals surface area (Å²) in [7, 11) is 0. The molecule has 21 heavy (non-hydrogen) atoms. The predicted octanol–water partition coefficient (Wildman–Crippen LogP) is 3.72. The zero-order valence-electron chi connectivity index (χ0n) is 11.3. The zero-order valence-corrected chi connectivity index (χ0v) is 12.0. The van der Waals surface area contributed by atoms with Crippen molar-refractivity contribution in [3.8, 4) is 0 Å². The second-order valence-corrected chi connectivity index (χ2v) is 5.12. The van der Waals surface area contributed by atoms with Gasteiger partial charge < -0.3 is 9.88 Å². The number of amides is 1. The minimum atomic E-state index is -0.0463. The van der Waals surface area contributed by atoms with Crippen LogP contribution in [0.15, 0.2) is 54.9 Å². The highest BCUT2D eigenvalue weighted by molar-refractivity contribution is 6.29. The Labute approximate surface area is 127 Å². The first kappa shape index (κ1) is 13.6. The number of benzene rings is 1. The smallest absolute Gasteiger partial charge is 0.226 e. The van der Waals surface area contributed by atoms with Gasteiger partial charge in [-0.3, -0.25) is 4.79 Å². The summed E-state index contributed by atoms with van der Waals surface area (Å²) >= 11 is 5.79. The number of hydrogen-bond acceptors (Lipinski definition) is 2. The van der Waals surface area contributed by atoms with Gasteiger partial charge in [-0.2, -0.15) is 0 Å². The summed E-state index contributed by atoms with van der Waals surface area (Å²) in [5.41, 5.74) is 1.80. The Morgan fingerprint density at radius 2 is 2.10 bits per heavy atom. The summed E-state index contributed by atoms with van der Waals surface area (Å²) in [5, 5.41) is 4.36. The molecule has 0 spiro atoms. The number of fused-ring (bicyclic) bond motifs is 1. The number of carbonyl (C=O) groups is 1. The van der Waals surface area contributed by atoms with E-state index in [0.717, 1.165) is 5.52 Å². The third-order valence-corrected chi connectivity index (χ3v) is 3.48. The largest absolute Gasteiger partial charge is 0.347 e. The highest BCUT2D eigenvalue weighted by Crippen LogP contribution is 2.16. The molecule has 1 amide bonds. The molecule has 4 nitrogen and oxygen atoms in total. The maximum atomic E-state index is 12.0. The maximum Gasteiger partial charge on any atom is 0.226 e. The molecule has 3 aromatic rings. The number of anilines is 1. The SMILES string of the molecule is O=C(CCn1ccc2ccccc21)Nc1ccnc(Cl)c1. The third-order valence-electron chi connectivity index (χ3n) is 3.27. The Kier molecular flexibility index (Phi) is 3.88. The summed E-state index contributed by atoms with van der Waals surface area (Å²) in [6.45, 7) is 0.637. The Hall–Kier alpha value is -2.33. The van der Waals surface area contributed by atoms with Gasteiger partial charge in [-0.15, -0.1) is 0 Å². The van der Waals surface area contributed by atoms with Crippen molar-refractivity contribution in [2.24, 2.45) is 0 Å². The molecule has 3 rings (SSSR count). The lowest BCUT2D eigenvalue weighted by Crippen LogP contribution is -2.14. The summed E-state index contributed by atoms with van der Waals surface area (Å²) in [6, 6.07) is 13.5. The fourth-order valence-corrected chi connectivity index (χ4v) is 2.44. The maximum absolute atomic E-state index is 12.0. The number of halogens is 1. The normalized spacial score (nSPS) is 10.7. The molecule has 1 aromatic carbocycles. The predicted molar refractivity (Wildman–Crippen MR) is 84.4 cm³/mol. The van der Waals surface area contributed by atoms with E-state index in [4.69, 9.17) is 11.6 Å². The van der Waals surface area contributed by atoms with Crippen molar-refractivity contribution >= 4 is 34.1 Å². The summed E-state index contributed by atoms with van der Waals surface area (Å²) in [5.74, 6) is -0.0463. The van der Waals surface area contributed by atoms with E-state index in [1.54, 1.807) is 18.3 Å². The number of pyridine rings is 1. The molecule has 0 bridgehead atoms. The highest BCUT2D eigenvalue weighted by Gasteiger charge is 2.05. The molecule has 0 saturated heterocycles. The van der Waals surface area contributed by atoms with Crippen LogP contribution in [0.4, 0.5) is 5.69 Å². The molecule has 0 fully saturated rings. The number of carbonyl (C=O) groups excluding carboxylic acids is 1. The Morgan fingerprint density at radius 1 is 1.24 bits per heavy atom. The van der Waals surface area contributed by atoms with Gasteiger partial charge in [0.15, 0.2) is 0 Å². The molecule has 1 N–H and O–H groups in total. The fourth-order valence-electron chi connectivity index (χ4n) is 2.26. The van der Waals surface area contributed by atoms with E-state index >= 15 is 0 Å². The lowest BCUT2D eigenvalue weighted by atomic mass is 10.2. The molecule has 0 saturated carbocycles. The van der Waals surface area contributed by atoms with Crippen molar-refractivity contribution < 1.29 is 4.79 Å². The van der Waals surface area contributed by atoms with Crippen LogP contribution in [0.5, 0.6) is 0 Å². The van der Waals surface area contributed by atoms with Crippen molar-refractivity contribution in [3.05, 3.63) is 60.0 Å². The van der Waals surface area contributed by atoms with E-state index in [1.165, 1.54) is 5.39 Å². The number of rotatable bonds is 4. The molecule has 0 aliphatic rings. The number of nitrogens with zero attached hydrogens (tertiary/aromatic N) is 2. The average Bonchev–Trinajstić information content (AvgIpc) is 2.88. The van der Waals surface area contributed by atoms with Gasteiger partial charge in [0, 0.05) is 36.6 Å². The molecule has 106 valence electrons. The molecule has 0 radical (unpaired) electrons. The minimum absolute atomic E-state index is 0.0463. The molecule has 0 unspecified atom stereocenters. The minimum Gasteiger partial charge on any atom is -0.347 e. The fraction of sp³-hybridized carbons (Fsp3) is 0.125. The number of aromatic nitrogens is 2. The molecule has 2 heterocycles. The first-order valence-corrected chi connectivity index (χ1v) is 7.05. The Balaban J connectivity index is 1.63. The van der Waals surface area contributed by atoms with Crippen LogP contribution in [0.3, 0.4) is 0 Å². The molecule has 0 aliphatic heterocycles. The molecular weight excluding hydrogens is 286 g/mol.